The van der Waals surface area contributed by atoms with Gasteiger partial charge < -0.3 is 10.0 Å². The highest BCUT2D eigenvalue weighted by Crippen LogP contribution is 1.92. The zero-order valence-electron chi connectivity index (χ0n) is 5.74. The third-order valence-corrected chi connectivity index (χ3v) is 0.947. The van der Waals surface area contributed by atoms with Gasteiger partial charge in [-0.15, -0.1) is 0 Å². The number of rotatable bonds is 1. The molecule has 1 aliphatic rings. The lowest BCUT2D eigenvalue weighted by Gasteiger charge is -2.12. The summed E-state index contributed by atoms with van der Waals surface area (Å²) in [7, 11) is 1.58. The third kappa shape index (κ3) is 1.10. The van der Waals surface area contributed by atoms with Crippen molar-refractivity contribution in [3.8, 4) is 0 Å². The minimum absolute atomic E-state index is 0.213. The lowest BCUT2D eigenvalue weighted by Crippen LogP contribution is -2.24. The summed E-state index contributed by atoms with van der Waals surface area (Å²) in [4.78, 5) is 0. The number of dihydropyridines is 1. The molecule has 1 heterocycles. The van der Waals surface area contributed by atoms with E-state index in [1.54, 1.807) is 19.4 Å². The van der Waals surface area contributed by atoms with Crippen LogP contribution in [0.3, 0.4) is 0 Å². The zero-order chi connectivity index (χ0) is 6.69. The molecule has 0 spiro atoms. The molecule has 0 radical (unpaired) electrons. The van der Waals surface area contributed by atoms with Crippen LogP contribution in [-0.2, 0) is 4.74 Å². The molecule has 0 aromatic heterocycles. The molecule has 0 saturated carbocycles. The van der Waals surface area contributed by atoms with Crippen molar-refractivity contribution in [1.29, 1.82) is 0 Å². The average Bonchev–Trinajstić information content (AvgIpc) is 1.89. The molecule has 0 saturated heterocycles. The van der Waals surface area contributed by atoms with Crippen molar-refractivity contribution < 1.29 is 6.15 Å². The van der Waals surface area contributed by atoms with Crippen molar-refractivity contribution >= 4 is 0 Å². The molecule has 0 aromatic rings. The van der Waals surface area contributed by atoms with Gasteiger partial charge in [-0.3, -0.25) is 0 Å². The topological polar surface area (TPSA) is 21.3 Å². The maximum Gasteiger partial charge on any atom is 0.162 e. The first kappa shape index (κ1) is 4.15. The third-order valence-electron chi connectivity index (χ3n) is 0.947. The van der Waals surface area contributed by atoms with E-state index in [0.717, 1.165) is 0 Å². The van der Waals surface area contributed by atoms with Gasteiger partial charge in [0.1, 0.15) is 6.23 Å². The van der Waals surface area contributed by atoms with E-state index < -0.39 is 0 Å². The summed E-state index contributed by atoms with van der Waals surface area (Å²) in [6.07, 6.45) is 6.90. The fraction of sp³-hybridized carbons (Fsp3) is 0.333. The quantitative estimate of drug-likeness (QED) is 0.537. The predicted octanol–water partition coefficient (Wildman–Crippen LogP) is 0.632. The van der Waals surface area contributed by atoms with Crippen LogP contribution in [0.5, 0.6) is 0 Å². The van der Waals surface area contributed by atoms with Crippen molar-refractivity contribution in [3.05, 3.63) is 24.4 Å². The first-order chi connectivity index (χ1) is 4.34. The summed E-state index contributed by atoms with van der Waals surface area (Å²) in [5.74, 6) is 0. The van der Waals surface area contributed by atoms with E-state index in [1.807, 2.05) is 12.2 Å². The Morgan fingerprint density at radius 1 is 1.75 bits per heavy atom. The van der Waals surface area contributed by atoms with Crippen LogP contribution in [0.4, 0.5) is 0 Å². The normalized spacial score (nSPS) is 28.4. The van der Waals surface area contributed by atoms with E-state index in [1.165, 1.54) is 5.31 Å². The van der Waals surface area contributed by atoms with Gasteiger partial charge in [0.05, 0.1) is 0 Å². The van der Waals surface area contributed by atoms with Crippen LogP contribution in [-0.4, -0.2) is 13.3 Å². The number of hydrogen-bond acceptors (Lipinski definition) is 2. The summed E-state index contributed by atoms with van der Waals surface area (Å²) < 4.78 is 12.1. The average molecular weight is 112 g/mol. The largest absolute Gasteiger partial charge is 0.363 e. The van der Waals surface area contributed by atoms with E-state index in [9.17, 15) is 0 Å². The van der Waals surface area contributed by atoms with Gasteiger partial charge in [-0.1, -0.05) is 6.08 Å². The van der Waals surface area contributed by atoms with Crippen LogP contribution >= 0.6 is 0 Å². The molecule has 0 fully saturated rings. The number of ether oxygens (including phenoxy) is 1. The monoisotopic (exact) mass is 112 g/mol. The Balaban J connectivity index is 2.55. The molecule has 1 unspecified atom stereocenters. The number of methoxy groups -OCH3 is 1. The molecule has 0 amide bonds. The Labute approximate surface area is 50.3 Å². The molecule has 0 aliphatic carbocycles. The summed E-state index contributed by atoms with van der Waals surface area (Å²) in [6, 6.07) is 0. The molecular weight excluding hydrogens is 102 g/mol. The Bertz CT molecular complexity index is 144. The van der Waals surface area contributed by atoms with Crippen molar-refractivity contribution in [3.63, 3.8) is 0 Å². The molecule has 44 valence electrons. The molecule has 1 N–H and O–H groups in total. The number of nitrogens with one attached hydrogen (secondary N) is 1. The molecular formula is C6H9NO. The highest BCUT2D eigenvalue weighted by atomic mass is 16.5. The molecule has 1 aliphatic heterocycles. The van der Waals surface area contributed by atoms with Gasteiger partial charge in [-0.05, 0) is 18.4 Å². The summed E-state index contributed by atoms with van der Waals surface area (Å²) in [5, 5.41) is 1.25. The maximum absolute atomic E-state index is 7.20. The van der Waals surface area contributed by atoms with Gasteiger partial charge >= 0.3 is 0 Å². The van der Waals surface area contributed by atoms with E-state index in [-0.39, 0.29) is 6.23 Å². The van der Waals surface area contributed by atoms with Crippen LogP contribution in [0.1, 0.15) is 0 Å². The number of hydrogen-bond donors (Lipinski definition) is 1. The summed E-state index contributed by atoms with van der Waals surface area (Å²) in [6.45, 7) is 0. The molecule has 1 atom stereocenters. The van der Waals surface area contributed by atoms with Gasteiger partial charge in [-0.25, -0.2) is 0 Å². The Hall–Kier alpha value is -0.760. The smallest absolute Gasteiger partial charge is 0.162 e. The van der Waals surface area contributed by atoms with Crippen molar-refractivity contribution in [2.75, 3.05) is 7.11 Å². The molecule has 8 heavy (non-hydrogen) atoms. The van der Waals surface area contributed by atoms with E-state index >= 15 is 0 Å². The predicted molar refractivity (Wildman–Crippen MR) is 32.2 cm³/mol. The zero-order valence-corrected chi connectivity index (χ0v) is 4.74. The SMILES string of the molecule is [2H]N1C=CC=CC1OC. The lowest BCUT2D eigenvalue weighted by atomic mass is 10.4. The van der Waals surface area contributed by atoms with E-state index in [4.69, 9.17) is 6.15 Å². The molecule has 0 bridgehead atoms. The van der Waals surface area contributed by atoms with Crippen LogP contribution in [0.15, 0.2) is 24.4 Å². The summed E-state index contributed by atoms with van der Waals surface area (Å²) in [5.41, 5.74) is 0. The molecule has 2 nitrogen and oxygen atoms in total. The minimum Gasteiger partial charge on any atom is -0.363 e. The fourth-order valence-corrected chi connectivity index (χ4v) is 0.533. The van der Waals surface area contributed by atoms with Crippen LogP contribution in [0.2, 0.25) is 1.41 Å². The van der Waals surface area contributed by atoms with Crippen LogP contribution in [0, 0.1) is 0 Å². The van der Waals surface area contributed by atoms with Gasteiger partial charge in [0.2, 0.25) is 0 Å². The van der Waals surface area contributed by atoms with Gasteiger partial charge in [0.15, 0.2) is 1.41 Å². The van der Waals surface area contributed by atoms with E-state index in [2.05, 4.69) is 0 Å². The minimum atomic E-state index is -0.213. The first-order valence-electron chi connectivity index (χ1n) is 2.94. The summed E-state index contributed by atoms with van der Waals surface area (Å²) >= 11 is 0. The molecule has 1 rings (SSSR count). The highest BCUT2D eigenvalue weighted by Gasteiger charge is 1.97. The van der Waals surface area contributed by atoms with Crippen molar-refractivity contribution in [2.24, 2.45) is 0 Å². The molecule has 2 heteroatoms. The Morgan fingerprint density at radius 2 is 2.62 bits per heavy atom. The first-order valence-corrected chi connectivity index (χ1v) is 2.49. The van der Waals surface area contributed by atoms with Crippen molar-refractivity contribution in [2.45, 2.75) is 6.23 Å². The second kappa shape index (κ2) is 2.52. The van der Waals surface area contributed by atoms with Gasteiger partial charge in [0.25, 0.3) is 0 Å². The maximum atomic E-state index is 7.20. The van der Waals surface area contributed by atoms with Crippen molar-refractivity contribution in [1.82, 2.24) is 5.31 Å². The van der Waals surface area contributed by atoms with E-state index in [0.29, 0.717) is 0 Å². The number of allylic oxidation sites excluding steroid dienone is 2. The highest BCUT2D eigenvalue weighted by molar-refractivity contribution is 5.09. The second-order valence-electron chi connectivity index (χ2n) is 1.50. The lowest BCUT2D eigenvalue weighted by molar-refractivity contribution is 0.124. The molecule has 0 aromatic carbocycles. The Morgan fingerprint density at radius 3 is 3.12 bits per heavy atom. The van der Waals surface area contributed by atoms with Crippen LogP contribution < -0.4 is 5.31 Å². The Kier molecular flexibility index (Phi) is 1.31. The van der Waals surface area contributed by atoms with Gasteiger partial charge in [-0.2, -0.15) is 0 Å². The van der Waals surface area contributed by atoms with Gasteiger partial charge in [0, 0.05) is 7.11 Å². The fourth-order valence-electron chi connectivity index (χ4n) is 0.533. The van der Waals surface area contributed by atoms with Crippen LogP contribution in [0.25, 0.3) is 0 Å². The standard InChI is InChI=1S/C6H9NO/c1-8-6-4-2-3-5-7-6/h2-7H,1H3/i/hD. The second-order valence-corrected chi connectivity index (χ2v) is 1.50.